The van der Waals surface area contributed by atoms with Gasteiger partial charge in [-0.2, -0.15) is 18.2 Å². The number of carboxylic acids is 1. The van der Waals surface area contributed by atoms with Gasteiger partial charge < -0.3 is 30.7 Å². The van der Waals surface area contributed by atoms with Gasteiger partial charge in [0.1, 0.15) is 23.1 Å². The molecule has 0 aliphatic carbocycles. The van der Waals surface area contributed by atoms with E-state index in [1.165, 1.54) is 6.07 Å². The summed E-state index contributed by atoms with van der Waals surface area (Å²) in [4.78, 5) is 47.5. The largest absolute Gasteiger partial charge is 0.494 e. The maximum atomic E-state index is 15.0. The van der Waals surface area contributed by atoms with Crippen molar-refractivity contribution in [2.24, 2.45) is 0 Å². The summed E-state index contributed by atoms with van der Waals surface area (Å²) in [6.45, 7) is 5.43. The Labute approximate surface area is 289 Å². The predicted octanol–water partition coefficient (Wildman–Crippen LogP) is 6.35. The number of rotatable bonds is 10. The second-order valence-corrected chi connectivity index (χ2v) is 11.2. The maximum absolute atomic E-state index is 15.0. The average Bonchev–Trinajstić information content (AvgIpc) is 3.06. The van der Waals surface area contributed by atoms with E-state index < -0.39 is 35.5 Å². The molecule has 1 aromatic heterocycles. The summed E-state index contributed by atoms with van der Waals surface area (Å²) in [6, 6.07) is 14.9. The molecular formula is C34H34F5N7O5. The Kier molecular flexibility index (Phi) is 12.1. The van der Waals surface area contributed by atoms with E-state index in [1.807, 2.05) is 32.8 Å². The average molecular weight is 716 g/mol. The first-order chi connectivity index (χ1) is 24.1. The Bertz CT molecular complexity index is 1890. The molecule has 0 bridgehead atoms. The lowest BCUT2D eigenvalue weighted by molar-refractivity contribution is -0.192. The molecule has 0 fully saturated rings. The van der Waals surface area contributed by atoms with Gasteiger partial charge in [-0.1, -0.05) is 12.1 Å². The highest BCUT2D eigenvalue weighted by molar-refractivity contribution is 6.06. The van der Waals surface area contributed by atoms with E-state index in [2.05, 4.69) is 20.9 Å². The number of aryl methyl sites for hydroxylation is 1. The molecule has 12 nitrogen and oxygen atoms in total. The van der Waals surface area contributed by atoms with E-state index in [0.29, 0.717) is 53.5 Å². The SMILES string of the molecule is CCOc1ccc(NC(=O)c2ccc(C)c(-c3nc(NCCN(C)C)nc4c3CNC(=O)N4c3c(F)cccc3F)c2)cc1.O=C(O)C(F)(F)F. The summed E-state index contributed by atoms with van der Waals surface area (Å²) in [5.74, 6) is -4.03. The lowest BCUT2D eigenvalue weighted by Crippen LogP contribution is -2.43. The molecule has 3 amide bonds. The van der Waals surface area contributed by atoms with Gasteiger partial charge in [-0.25, -0.2) is 28.3 Å². The van der Waals surface area contributed by atoms with Crippen LogP contribution in [0.5, 0.6) is 5.75 Å². The second kappa shape index (κ2) is 16.2. The van der Waals surface area contributed by atoms with Crippen LogP contribution in [0.3, 0.4) is 0 Å². The smallest absolute Gasteiger partial charge is 0.490 e. The number of hydrogen-bond donors (Lipinski definition) is 4. The minimum Gasteiger partial charge on any atom is -0.494 e. The van der Waals surface area contributed by atoms with E-state index in [4.69, 9.17) is 19.6 Å². The van der Waals surface area contributed by atoms with Gasteiger partial charge in [0.05, 0.1) is 18.8 Å². The van der Waals surface area contributed by atoms with Crippen LogP contribution in [0.25, 0.3) is 11.3 Å². The van der Waals surface area contributed by atoms with Crippen LogP contribution in [0.15, 0.2) is 60.7 Å². The van der Waals surface area contributed by atoms with Crippen molar-refractivity contribution in [3.05, 3.63) is 89.0 Å². The summed E-state index contributed by atoms with van der Waals surface area (Å²) in [5, 5.41) is 15.9. The first-order valence-electron chi connectivity index (χ1n) is 15.4. The van der Waals surface area contributed by atoms with Gasteiger partial charge in [-0.3, -0.25) is 4.79 Å². The van der Waals surface area contributed by atoms with E-state index in [9.17, 15) is 31.5 Å². The maximum Gasteiger partial charge on any atom is 0.490 e. The van der Waals surface area contributed by atoms with Gasteiger partial charge in [0.15, 0.2) is 5.82 Å². The highest BCUT2D eigenvalue weighted by Crippen LogP contribution is 2.39. The predicted molar refractivity (Wildman–Crippen MR) is 179 cm³/mol. The fourth-order valence-corrected chi connectivity index (χ4v) is 4.79. The number of aromatic nitrogens is 2. The molecular weight excluding hydrogens is 681 g/mol. The summed E-state index contributed by atoms with van der Waals surface area (Å²) in [6.07, 6.45) is -5.08. The van der Waals surface area contributed by atoms with Crippen LogP contribution in [0, 0.1) is 18.6 Å². The molecule has 0 atom stereocenters. The van der Waals surface area contributed by atoms with Gasteiger partial charge in [0.25, 0.3) is 5.91 Å². The number of nitrogens with zero attached hydrogens (tertiary/aromatic N) is 4. The number of anilines is 4. The molecule has 17 heteroatoms. The van der Waals surface area contributed by atoms with Crippen molar-refractivity contribution in [2.45, 2.75) is 26.6 Å². The minimum absolute atomic E-state index is 0.0100. The number of halogens is 5. The molecule has 0 saturated heterocycles. The number of fused-ring (bicyclic) bond motifs is 1. The molecule has 4 N–H and O–H groups in total. The van der Waals surface area contributed by atoms with Crippen LogP contribution >= 0.6 is 0 Å². The van der Waals surface area contributed by atoms with Gasteiger partial charge in [0.2, 0.25) is 5.95 Å². The van der Waals surface area contributed by atoms with Crippen LogP contribution < -0.4 is 25.6 Å². The first-order valence-corrected chi connectivity index (χ1v) is 15.4. The first kappa shape index (κ1) is 38.0. The zero-order valence-electron chi connectivity index (χ0n) is 27.9. The zero-order valence-corrected chi connectivity index (χ0v) is 27.9. The molecule has 2 heterocycles. The highest BCUT2D eigenvalue weighted by Gasteiger charge is 2.38. The van der Waals surface area contributed by atoms with Crippen molar-refractivity contribution >= 4 is 41.0 Å². The molecule has 1 aliphatic heterocycles. The van der Waals surface area contributed by atoms with Crippen LogP contribution in [0.4, 0.5) is 49.9 Å². The number of nitrogens with one attached hydrogen (secondary N) is 3. The third-order valence-corrected chi connectivity index (χ3v) is 7.24. The number of ether oxygens (including phenoxy) is 1. The van der Waals surface area contributed by atoms with Crippen LogP contribution in [0.1, 0.15) is 28.4 Å². The molecule has 270 valence electrons. The summed E-state index contributed by atoms with van der Waals surface area (Å²) in [7, 11) is 3.84. The van der Waals surface area contributed by atoms with Gasteiger partial charge in [0, 0.05) is 35.5 Å². The number of carboxylic acid groups (broad SMARTS) is 1. The van der Waals surface area contributed by atoms with Crippen molar-refractivity contribution in [3.63, 3.8) is 0 Å². The molecule has 0 spiro atoms. The Morgan fingerprint density at radius 3 is 2.27 bits per heavy atom. The number of para-hydroxylation sites is 1. The van der Waals surface area contributed by atoms with Crippen molar-refractivity contribution in [3.8, 4) is 17.0 Å². The van der Waals surface area contributed by atoms with Crippen molar-refractivity contribution in [1.29, 1.82) is 0 Å². The Morgan fingerprint density at radius 1 is 1.04 bits per heavy atom. The fraction of sp³-hybridized carbons (Fsp3) is 0.265. The zero-order chi connectivity index (χ0) is 37.5. The number of amides is 3. The molecule has 51 heavy (non-hydrogen) atoms. The third kappa shape index (κ3) is 9.45. The summed E-state index contributed by atoms with van der Waals surface area (Å²) in [5.41, 5.74) is 2.67. The molecule has 3 aromatic carbocycles. The molecule has 5 rings (SSSR count). The number of carbonyl (C=O) groups is 3. The minimum atomic E-state index is -5.08. The normalized spacial score (nSPS) is 12.4. The Morgan fingerprint density at radius 2 is 1.69 bits per heavy atom. The number of benzene rings is 3. The molecule has 0 saturated carbocycles. The quantitative estimate of drug-likeness (QED) is 0.138. The lowest BCUT2D eigenvalue weighted by Gasteiger charge is -2.31. The van der Waals surface area contributed by atoms with E-state index in [0.717, 1.165) is 22.6 Å². The van der Waals surface area contributed by atoms with Gasteiger partial charge >= 0.3 is 18.2 Å². The number of carbonyl (C=O) groups excluding carboxylic acids is 2. The van der Waals surface area contributed by atoms with Gasteiger partial charge in [-0.05, 0) is 82.0 Å². The lowest BCUT2D eigenvalue weighted by atomic mass is 9.97. The number of aliphatic carboxylic acids is 1. The standard InChI is InChI=1S/C32H33F2N7O3.C2HF3O2/c1-5-44-22-13-11-21(12-14-22)37-30(42)20-10-9-19(2)23(17-20)27-24-18-36-32(43)41(28-25(33)7-6-8-26(28)34)29(24)39-31(38-27)35-15-16-40(3)4;3-2(4,5)1(6)7/h6-14,17H,5,15-16,18H2,1-4H3,(H,36,43)(H,37,42)(H,35,38,39);(H,6,7). The third-order valence-electron chi connectivity index (χ3n) is 7.24. The molecule has 0 radical (unpaired) electrons. The number of alkyl halides is 3. The second-order valence-electron chi connectivity index (χ2n) is 11.2. The fourth-order valence-electron chi connectivity index (χ4n) is 4.79. The van der Waals surface area contributed by atoms with Crippen LogP contribution in [0.2, 0.25) is 0 Å². The number of likely N-dealkylation sites (N-methyl/N-ethyl adjacent to an activating group) is 1. The summed E-state index contributed by atoms with van der Waals surface area (Å²) >= 11 is 0. The summed E-state index contributed by atoms with van der Waals surface area (Å²) < 4.78 is 67.2. The van der Waals surface area contributed by atoms with E-state index in [1.54, 1.807) is 42.5 Å². The van der Waals surface area contributed by atoms with Gasteiger partial charge in [-0.15, -0.1) is 0 Å². The van der Waals surface area contributed by atoms with Crippen molar-refractivity contribution in [1.82, 2.24) is 20.2 Å². The number of urea groups is 1. The molecule has 0 unspecified atom stereocenters. The molecule has 4 aromatic rings. The highest BCUT2D eigenvalue weighted by atomic mass is 19.4. The Balaban J connectivity index is 0.000000755. The van der Waals surface area contributed by atoms with E-state index in [-0.39, 0.29) is 24.2 Å². The molecule has 1 aliphatic rings. The van der Waals surface area contributed by atoms with Crippen molar-refractivity contribution in [2.75, 3.05) is 49.3 Å². The van der Waals surface area contributed by atoms with E-state index >= 15 is 0 Å². The number of hydrogen-bond acceptors (Lipinski definition) is 8. The van der Waals surface area contributed by atoms with Crippen LogP contribution in [-0.2, 0) is 11.3 Å². The van der Waals surface area contributed by atoms with Crippen LogP contribution in [-0.4, -0.2) is 77.9 Å². The topological polar surface area (TPSA) is 149 Å². The monoisotopic (exact) mass is 715 g/mol. The van der Waals surface area contributed by atoms with Crippen molar-refractivity contribution < 1.29 is 46.2 Å². The Hall–Kier alpha value is -5.84.